The molecule has 21 heavy (non-hydrogen) atoms. The van der Waals surface area contributed by atoms with Gasteiger partial charge in [-0.2, -0.15) is 5.26 Å². The molecular weight excluding hydrogens is 254 g/mol. The van der Waals surface area contributed by atoms with Gasteiger partial charge in [0, 0.05) is 0 Å². The van der Waals surface area contributed by atoms with Crippen molar-refractivity contribution in [3.05, 3.63) is 35.4 Å². The summed E-state index contributed by atoms with van der Waals surface area (Å²) < 4.78 is 0. The summed E-state index contributed by atoms with van der Waals surface area (Å²) in [6.07, 6.45) is 11.6. The fourth-order valence-corrected chi connectivity index (χ4v) is 3.13. The highest BCUT2D eigenvalue weighted by atomic mass is 14.3. The molecule has 0 radical (unpaired) electrons. The second kappa shape index (κ2) is 9.61. The maximum absolute atomic E-state index is 9.05. The van der Waals surface area contributed by atoms with Crippen LogP contribution in [-0.4, -0.2) is 0 Å². The normalized spacial score (nSPS) is 13.6. The Morgan fingerprint density at radius 2 is 1.71 bits per heavy atom. The predicted octanol–water partition coefficient (Wildman–Crippen LogP) is 6.27. The minimum atomic E-state index is 0.387. The van der Waals surface area contributed by atoms with Gasteiger partial charge in [0.1, 0.15) is 0 Å². The van der Waals surface area contributed by atoms with E-state index in [-0.39, 0.29) is 0 Å². The average molecular weight is 285 g/mol. The third kappa shape index (κ3) is 6.80. The molecule has 1 heteroatoms. The lowest BCUT2D eigenvalue weighted by atomic mass is 9.75. The van der Waals surface area contributed by atoms with Crippen molar-refractivity contribution >= 4 is 0 Å². The molecule has 116 valence electrons. The fraction of sp³-hybridized carbons (Fsp3) is 0.650. The van der Waals surface area contributed by atoms with E-state index >= 15 is 0 Å². The van der Waals surface area contributed by atoms with Gasteiger partial charge in [0.25, 0.3) is 0 Å². The summed E-state index contributed by atoms with van der Waals surface area (Å²) in [5, 5.41) is 9.05. The van der Waals surface area contributed by atoms with Crippen molar-refractivity contribution in [2.24, 2.45) is 5.41 Å². The van der Waals surface area contributed by atoms with Crippen LogP contribution in [0.4, 0.5) is 0 Å². The Bertz CT molecular complexity index is 443. The number of nitrogens with zero attached hydrogens (tertiary/aromatic N) is 1. The largest absolute Gasteiger partial charge is 0.192 e. The second-order valence-corrected chi connectivity index (χ2v) is 6.71. The maximum Gasteiger partial charge on any atom is 0.0991 e. The van der Waals surface area contributed by atoms with Gasteiger partial charge in [-0.15, -0.1) is 0 Å². The topological polar surface area (TPSA) is 23.8 Å². The Labute approximate surface area is 131 Å². The van der Waals surface area contributed by atoms with Crippen molar-refractivity contribution < 1.29 is 0 Å². The molecule has 0 amide bonds. The molecule has 0 spiro atoms. The lowest BCUT2D eigenvalue weighted by molar-refractivity contribution is 0.251. The molecule has 1 aromatic rings. The molecule has 0 fully saturated rings. The van der Waals surface area contributed by atoms with Crippen LogP contribution in [0.25, 0.3) is 0 Å². The van der Waals surface area contributed by atoms with E-state index in [0.29, 0.717) is 5.41 Å². The Morgan fingerprint density at radius 1 is 1.00 bits per heavy atom. The van der Waals surface area contributed by atoms with Crippen molar-refractivity contribution in [2.75, 3.05) is 0 Å². The first-order valence-electron chi connectivity index (χ1n) is 8.62. The van der Waals surface area contributed by atoms with Gasteiger partial charge in [0.05, 0.1) is 11.6 Å². The van der Waals surface area contributed by atoms with Crippen molar-refractivity contribution in [1.29, 1.82) is 5.26 Å². The molecule has 1 rings (SSSR count). The van der Waals surface area contributed by atoms with Gasteiger partial charge in [-0.05, 0) is 42.4 Å². The summed E-state index contributed by atoms with van der Waals surface area (Å²) in [4.78, 5) is 0. The highest BCUT2D eigenvalue weighted by Crippen LogP contribution is 2.34. The van der Waals surface area contributed by atoms with Crippen molar-refractivity contribution in [2.45, 2.75) is 78.6 Å². The lowest BCUT2D eigenvalue weighted by Crippen LogP contribution is -2.20. The summed E-state index contributed by atoms with van der Waals surface area (Å²) in [6.45, 7) is 6.98. The SMILES string of the molecule is CCCCCCC(C)(CCCC)Cc1cccc(C#N)c1. The molecule has 0 aromatic heterocycles. The average Bonchev–Trinajstić information content (AvgIpc) is 2.50. The van der Waals surface area contributed by atoms with Crippen LogP contribution in [-0.2, 0) is 6.42 Å². The number of benzene rings is 1. The molecule has 0 aliphatic heterocycles. The molecular formula is C20H31N. The Hall–Kier alpha value is -1.29. The molecule has 0 N–H and O–H groups in total. The molecule has 0 saturated heterocycles. The van der Waals surface area contributed by atoms with Gasteiger partial charge in [0.15, 0.2) is 0 Å². The van der Waals surface area contributed by atoms with Crippen LogP contribution in [0.2, 0.25) is 0 Å². The third-order valence-electron chi connectivity index (χ3n) is 4.45. The Morgan fingerprint density at radius 3 is 2.38 bits per heavy atom. The maximum atomic E-state index is 9.05. The summed E-state index contributed by atoms with van der Waals surface area (Å²) in [7, 11) is 0. The summed E-state index contributed by atoms with van der Waals surface area (Å²) in [5.74, 6) is 0. The van der Waals surface area contributed by atoms with Gasteiger partial charge < -0.3 is 0 Å². The van der Waals surface area contributed by atoms with Gasteiger partial charge in [-0.1, -0.05) is 71.4 Å². The van der Waals surface area contributed by atoms with Crippen LogP contribution in [0.1, 0.15) is 83.3 Å². The zero-order chi connectivity index (χ0) is 15.6. The summed E-state index contributed by atoms with van der Waals surface area (Å²) in [5.41, 5.74) is 2.50. The minimum Gasteiger partial charge on any atom is -0.192 e. The third-order valence-corrected chi connectivity index (χ3v) is 4.45. The summed E-state index contributed by atoms with van der Waals surface area (Å²) in [6, 6.07) is 10.4. The van der Waals surface area contributed by atoms with Crippen LogP contribution in [0.3, 0.4) is 0 Å². The second-order valence-electron chi connectivity index (χ2n) is 6.71. The highest BCUT2D eigenvalue weighted by molar-refractivity contribution is 5.33. The molecule has 0 aliphatic carbocycles. The van der Waals surface area contributed by atoms with Gasteiger partial charge in [-0.25, -0.2) is 0 Å². The van der Waals surface area contributed by atoms with Crippen molar-refractivity contribution in [3.63, 3.8) is 0 Å². The fourth-order valence-electron chi connectivity index (χ4n) is 3.13. The standard InChI is InChI=1S/C20H31N/c1-4-6-8-9-14-20(3,13-7-5-2)16-18-11-10-12-19(15-18)17-21/h10-12,15H,4-9,13-14,16H2,1-3H3. The van der Waals surface area contributed by atoms with E-state index in [1.807, 2.05) is 12.1 Å². The predicted molar refractivity (Wildman–Crippen MR) is 91.3 cm³/mol. The quantitative estimate of drug-likeness (QED) is 0.465. The van der Waals surface area contributed by atoms with Crippen LogP contribution < -0.4 is 0 Å². The molecule has 1 atom stereocenters. The van der Waals surface area contributed by atoms with Crippen molar-refractivity contribution in [1.82, 2.24) is 0 Å². The van der Waals surface area contributed by atoms with E-state index in [2.05, 4.69) is 39.0 Å². The van der Waals surface area contributed by atoms with E-state index in [1.165, 1.54) is 56.9 Å². The molecule has 0 heterocycles. The van der Waals surface area contributed by atoms with Gasteiger partial charge in [0.2, 0.25) is 0 Å². The van der Waals surface area contributed by atoms with Gasteiger partial charge in [-0.3, -0.25) is 0 Å². The van der Waals surface area contributed by atoms with E-state index in [1.54, 1.807) is 0 Å². The molecule has 0 saturated carbocycles. The van der Waals surface area contributed by atoms with E-state index < -0.39 is 0 Å². The van der Waals surface area contributed by atoms with Crippen LogP contribution in [0, 0.1) is 16.7 Å². The Balaban J connectivity index is 2.68. The van der Waals surface area contributed by atoms with Gasteiger partial charge >= 0.3 is 0 Å². The summed E-state index contributed by atoms with van der Waals surface area (Å²) >= 11 is 0. The van der Waals surface area contributed by atoms with Crippen molar-refractivity contribution in [3.8, 4) is 6.07 Å². The van der Waals surface area contributed by atoms with Crippen LogP contribution in [0.15, 0.2) is 24.3 Å². The first-order valence-corrected chi connectivity index (χ1v) is 8.62. The molecule has 1 nitrogen and oxygen atoms in total. The smallest absolute Gasteiger partial charge is 0.0991 e. The van der Waals surface area contributed by atoms with Crippen LogP contribution >= 0.6 is 0 Å². The minimum absolute atomic E-state index is 0.387. The van der Waals surface area contributed by atoms with E-state index in [4.69, 9.17) is 5.26 Å². The number of hydrogen-bond donors (Lipinski definition) is 0. The number of hydrogen-bond acceptors (Lipinski definition) is 1. The van der Waals surface area contributed by atoms with E-state index in [9.17, 15) is 0 Å². The highest BCUT2D eigenvalue weighted by Gasteiger charge is 2.23. The zero-order valence-corrected chi connectivity index (χ0v) is 14.1. The lowest BCUT2D eigenvalue weighted by Gasteiger charge is -2.30. The van der Waals surface area contributed by atoms with Crippen LogP contribution in [0.5, 0.6) is 0 Å². The molecule has 1 unspecified atom stereocenters. The zero-order valence-electron chi connectivity index (χ0n) is 14.1. The molecule has 1 aromatic carbocycles. The first kappa shape index (κ1) is 17.8. The molecule has 0 aliphatic rings. The number of nitriles is 1. The van der Waals surface area contributed by atoms with E-state index in [0.717, 1.165) is 12.0 Å². The first-order chi connectivity index (χ1) is 10.1. The monoisotopic (exact) mass is 285 g/mol. The Kier molecular flexibility index (Phi) is 8.13. The molecule has 0 bridgehead atoms. The number of rotatable bonds is 10. The number of unbranched alkanes of at least 4 members (excludes halogenated alkanes) is 4.